The molecule has 0 bridgehead atoms. The Morgan fingerprint density at radius 1 is 1.17 bits per heavy atom. The van der Waals surface area contributed by atoms with Crippen LogP contribution in [-0.2, 0) is 11.2 Å². The lowest BCUT2D eigenvalue weighted by molar-refractivity contribution is -0.274. The third-order valence-electron chi connectivity index (χ3n) is 5.78. The zero-order valence-corrected chi connectivity index (χ0v) is 20.2. The second-order valence-electron chi connectivity index (χ2n) is 8.68. The number of hydrogen-bond acceptors (Lipinski definition) is 5. The molecule has 12 heteroatoms. The van der Waals surface area contributed by atoms with Crippen LogP contribution in [0.15, 0.2) is 54.7 Å². The smallest absolute Gasteiger partial charge is 0.406 e. The highest BCUT2D eigenvalue weighted by Crippen LogP contribution is 2.40. The number of ether oxygens (including phenoxy) is 1. The molecule has 1 atom stereocenters. The van der Waals surface area contributed by atoms with Crippen molar-refractivity contribution in [1.82, 2.24) is 9.47 Å². The fourth-order valence-electron chi connectivity index (χ4n) is 4.23. The minimum absolute atomic E-state index is 0.179. The number of nitrogens with zero attached hydrogens (tertiary/aromatic N) is 2. The number of amides is 3. The largest absolute Gasteiger partial charge is 0.573 e. The van der Waals surface area contributed by atoms with Gasteiger partial charge in [0.15, 0.2) is 5.78 Å². The van der Waals surface area contributed by atoms with Crippen LogP contribution in [0.5, 0.6) is 5.75 Å². The van der Waals surface area contributed by atoms with E-state index in [2.05, 4.69) is 10.1 Å². The lowest BCUT2D eigenvalue weighted by atomic mass is 10.0. The maximum Gasteiger partial charge on any atom is 0.573 e. The monoisotopic (exact) mass is 520 g/mol. The van der Waals surface area contributed by atoms with E-state index in [0.29, 0.717) is 27.9 Å². The van der Waals surface area contributed by atoms with Gasteiger partial charge in [0.05, 0.1) is 16.1 Å². The molecule has 0 spiro atoms. The normalized spacial score (nSPS) is 17.2. The summed E-state index contributed by atoms with van der Waals surface area (Å²) in [5, 5.41) is 3.39. The van der Waals surface area contributed by atoms with Gasteiger partial charge in [-0.3, -0.25) is 14.3 Å². The predicted molar refractivity (Wildman–Crippen MR) is 130 cm³/mol. The molecule has 36 heavy (non-hydrogen) atoms. The number of hydrogen-bond donors (Lipinski definition) is 2. The van der Waals surface area contributed by atoms with Crippen LogP contribution >= 0.6 is 11.8 Å². The summed E-state index contributed by atoms with van der Waals surface area (Å²) in [5.74, 6) is -0.428. The van der Waals surface area contributed by atoms with Crippen LogP contribution in [0.2, 0.25) is 0 Å². The molecule has 1 aromatic heterocycles. The van der Waals surface area contributed by atoms with Gasteiger partial charge in [-0.05, 0) is 37.6 Å². The molecule has 2 aromatic carbocycles. The number of primary amides is 1. The van der Waals surface area contributed by atoms with Crippen molar-refractivity contribution in [2.24, 2.45) is 5.73 Å². The second kappa shape index (κ2) is 9.41. The number of fused-ring (bicyclic) bond motifs is 1. The molecule has 1 aliphatic heterocycles. The number of aromatic nitrogens is 1. The number of urea groups is 1. The zero-order chi connectivity index (χ0) is 26.3. The number of benzene rings is 2. The average molecular weight is 521 g/mol. The number of nitrogens with two attached hydrogens (primary N) is 1. The van der Waals surface area contributed by atoms with Gasteiger partial charge in [0.2, 0.25) is 0 Å². The lowest BCUT2D eigenvalue weighted by Gasteiger charge is -2.34. The number of thioether (sulfide) groups is 1. The molecule has 1 aliphatic rings. The SMILES string of the molecule is CC1(C)SC[C@@H](C(=O)Cc2cccc(OC(F)(F)F)c2)N1C(=O)Nc1cn(C(N)=O)c2ccccc12. The number of nitrogens with one attached hydrogen (secondary N) is 1. The molecule has 1 saturated heterocycles. The van der Waals surface area contributed by atoms with Crippen molar-refractivity contribution >= 4 is 46.2 Å². The number of carbonyl (C=O) groups excluding carboxylic acids is 3. The van der Waals surface area contributed by atoms with E-state index in [-0.39, 0.29) is 12.2 Å². The van der Waals surface area contributed by atoms with Crippen molar-refractivity contribution in [3.8, 4) is 5.75 Å². The number of carbonyl (C=O) groups is 3. The molecular formula is C24H23F3N4O4S. The van der Waals surface area contributed by atoms with Crippen molar-refractivity contribution in [3.63, 3.8) is 0 Å². The average Bonchev–Trinajstić information content (AvgIpc) is 3.30. The maximum absolute atomic E-state index is 13.4. The lowest BCUT2D eigenvalue weighted by Crippen LogP contribution is -2.51. The standard InChI is InChI=1S/C24H23F3N4O4S/c1-23(2)31(22(34)29-17-12-30(21(28)33)18-9-4-3-8-16(17)18)19(13-36-23)20(32)11-14-6-5-7-15(10-14)35-24(25,26)27/h3-10,12,19H,11,13H2,1-2H3,(H2,28,33)(H,29,34)/t19-/m0/s1. The van der Waals surface area contributed by atoms with Gasteiger partial charge in [-0.2, -0.15) is 0 Å². The Kier molecular flexibility index (Phi) is 6.65. The molecule has 3 aromatic rings. The van der Waals surface area contributed by atoms with Crippen molar-refractivity contribution in [1.29, 1.82) is 0 Å². The van der Waals surface area contributed by atoms with E-state index in [9.17, 15) is 27.6 Å². The van der Waals surface area contributed by atoms with Gasteiger partial charge < -0.3 is 15.8 Å². The third-order valence-corrected chi connectivity index (χ3v) is 7.16. The quantitative estimate of drug-likeness (QED) is 0.494. The van der Waals surface area contributed by atoms with Gasteiger partial charge in [0.1, 0.15) is 11.8 Å². The molecular weight excluding hydrogens is 497 g/mol. The Morgan fingerprint density at radius 2 is 1.89 bits per heavy atom. The highest BCUT2D eigenvalue weighted by atomic mass is 32.2. The molecule has 3 N–H and O–H groups in total. The summed E-state index contributed by atoms with van der Waals surface area (Å²) in [5.41, 5.74) is 6.65. The Labute approximate surface area is 208 Å². The summed E-state index contributed by atoms with van der Waals surface area (Å²) < 4.78 is 42.8. The van der Waals surface area contributed by atoms with Gasteiger partial charge in [-0.15, -0.1) is 24.9 Å². The van der Waals surface area contributed by atoms with Crippen LogP contribution in [0.1, 0.15) is 19.4 Å². The van der Waals surface area contributed by atoms with Crippen molar-refractivity contribution in [2.45, 2.75) is 37.5 Å². The van der Waals surface area contributed by atoms with Crippen LogP contribution in [0.3, 0.4) is 0 Å². The van der Waals surface area contributed by atoms with Crippen LogP contribution in [0.4, 0.5) is 28.4 Å². The second-order valence-corrected chi connectivity index (χ2v) is 10.3. The zero-order valence-electron chi connectivity index (χ0n) is 19.3. The Morgan fingerprint density at radius 3 is 2.58 bits per heavy atom. The molecule has 8 nitrogen and oxygen atoms in total. The van der Waals surface area contributed by atoms with Crippen LogP contribution in [0.25, 0.3) is 10.9 Å². The van der Waals surface area contributed by atoms with Crippen LogP contribution in [-0.4, -0.2) is 50.3 Å². The highest BCUT2D eigenvalue weighted by Gasteiger charge is 2.46. The van der Waals surface area contributed by atoms with E-state index in [4.69, 9.17) is 5.73 Å². The summed E-state index contributed by atoms with van der Waals surface area (Å²) in [7, 11) is 0. The number of para-hydroxylation sites is 1. The van der Waals surface area contributed by atoms with Crippen LogP contribution in [0, 0.1) is 0 Å². The molecule has 1 fully saturated rings. The number of anilines is 1. The van der Waals surface area contributed by atoms with Crippen molar-refractivity contribution in [2.75, 3.05) is 11.1 Å². The Bertz CT molecular complexity index is 1340. The third kappa shape index (κ3) is 5.27. The summed E-state index contributed by atoms with van der Waals surface area (Å²) in [4.78, 5) is 39.1. The minimum atomic E-state index is -4.85. The van der Waals surface area contributed by atoms with Gasteiger partial charge in [0.25, 0.3) is 0 Å². The molecule has 4 rings (SSSR count). The molecule has 0 unspecified atom stereocenters. The van der Waals surface area contributed by atoms with Gasteiger partial charge >= 0.3 is 18.4 Å². The van der Waals surface area contributed by atoms with E-state index in [0.717, 1.165) is 12.1 Å². The summed E-state index contributed by atoms with van der Waals surface area (Å²) >= 11 is 1.41. The first-order chi connectivity index (χ1) is 16.9. The number of halogens is 3. The molecule has 0 aliphatic carbocycles. The number of Topliss-reactive ketones (excluding diaryl/α,β-unsaturated/α-hetero) is 1. The van der Waals surface area contributed by atoms with Crippen molar-refractivity contribution in [3.05, 3.63) is 60.3 Å². The topological polar surface area (TPSA) is 107 Å². The molecule has 0 radical (unpaired) electrons. The minimum Gasteiger partial charge on any atom is -0.406 e. The molecule has 3 amide bonds. The molecule has 0 saturated carbocycles. The maximum atomic E-state index is 13.4. The predicted octanol–water partition coefficient (Wildman–Crippen LogP) is 4.96. The summed E-state index contributed by atoms with van der Waals surface area (Å²) in [6, 6.07) is 10.0. The van der Waals surface area contributed by atoms with E-state index >= 15 is 0 Å². The van der Waals surface area contributed by atoms with Crippen molar-refractivity contribution < 1.29 is 32.3 Å². The van der Waals surface area contributed by atoms with Gasteiger partial charge in [-0.1, -0.05) is 30.3 Å². The first-order valence-electron chi connectivity index (χ1n) is 10.9. The van der Waals surface area contributed by atoms with Gasteiger partial charge in [-0.25, -0.2) is 9.59 Å². The molecule has 190 valence electrons. The fourth-order valence-corrected chi connectivity index (χ4v) is 5.48. The Balaban J connectivity index is 1.56. The van der Waals surface area contributed by atoms with Crippen LogP contribution < -0.4 is 15.8 Å². The van der Waals surface area contributed by atoms with E-state index in [1.54, 1.807) is 38.1 Å². The first kappa shape index (κ1) is 25.4. The first-order valence-corrected chi connectivity index (χ1v) is 11.9. The van der Waals surface area contributed by atoms with E-state index < -0.39 is 35.1 Å². The van der Waals surface area contributed by atoms with Gasteiger partial charge in [0, 0.05) is 23.8 Å². The Hall–Kier alpha value is -3.67. The number of rotatable bonds is 5. The highest BCUT2D eigenvalue weighted by molar-refractivity contribution is 8.00. The number of ketones is 1. The number of alkyl halides is 3. The fraction of sp³-hybridized carbons (Fsp3) is 0.292. The summed E-state index contributed by atoms with van der Waals surface area (Å²) in [6.45, 7) is 3.60. The van der Waals surface area contributed by atoms with E-state index in [1.807, 2.05) is 0 Å². The summed E-state index contributed by atoms with van der Waals surface area (Å²) in [6.07, 6.45) is -3.60. The van der Waals surface area contributed by atoms with E-state index in [1.165, 1.54) is 39.6 Å². The molecule has 2 heterocycles.